The predicted molar refractivity (Wildman–Crippen MR) is 91.5 cm³/mol. The van der Waals surface area contributed by atoms with E-state index in [9.17, 15) is 8.42 Å². The summed E-state index contributed by atoms with van der Waals surface area (Å²) in [6.07, 6.45) is 5.24. The van der Waals surface area contributed by atoms with Gasteiger partial charge in [0.05, 0.1) is 4.90 Å². The lowest BCUT2D eigenvalue weighted by Crippen LogP contribution is -2.29. The molecule has 8 heteroatoms. The summed E-state index contributed by atoms with van der Waals surface area (Å²) >= 11 is 0. The minimum absolute atomic E-state index is 0.250. The molecule has 0 unspecified atom stereocenters. The summed E-state index contributed by atoms with van der Waals surface area (Å²) in [6, 6.07) is 13.9. The van der Waals surface area contributed by atoms with E-state index in [2.05, 4.69) is 20.0 Å². The van der Waals surface area contributed by atoms with Crippen molar-refractivity contribution in [3.63, 3.8) is 0 Å². The number of hydrogen-bond donors (Lipinski definition) is 2. The Hall–Kier alpha value is -2.71. The summed E-state index contributed by atoms with van der Waals surface area (Å²) in [5, 5.41) is 3.08. The van der Waals surface area contributed by atoms with Crippen LogP contribution in [0.25, 0.3) is 5.82 Å². The van der Waals surface area contributed by atoms with E-state index < -0.39 is 10.0 Å². The monoisotopic (exact) mass is 343 g/mol. The van der Waals surface area contributed by atoms with Crippen molar-refractivity contribution < 1.29 is 8.42 Å². The molecule has 0 bridgehead atoms. The Morgan fingerprint density at radius 2 is 1.71 bits per heavy atom. The lowest BCUT2D eigenvalue weighted by Gasteiger charge is -2.09. The summed E-state index contributed by atoms with van der Waals surface area (Å²) in [6.45, 7) is 0.661. The Labute approximate surface area is 140 Å². The highest BCUT2D eigenvalue weighted by atomic mass is 32.2. The van der Waals surface area contributed by atoms with Crippen molar-refractivity contribution in [2.75, 3.05) is 18.4 Å². The standard InChI is InChI=1S/C16H17N5O2S/c22-24(23,14-6-2-1-3-7-14)20-9-8-17-15-12-16(19-13-18-15)21-10-4-5-11-21/h1-7,10-13,20H,8-9H2,(H,17,18,19). The first-order valence-corrected chi connectivity index (χ1v) is 8.87. The van der Waals surface area contributed by atoms with Gasteiger partial charge < -0.3 is 9.88 Å². The first-order valence-electron chi connectivity index (χ1n) is 7.39. The quantitative estimate of drug-likeness (QED) is 0.637. The Kier molecular flexibility index (Phi) is 4.88. The van der Waals surface area contributed by atoms with E-state index in [1.54, 1.807) is 36.4 Å². The fourth-order valence-electron chi connectivity index (χ4n) is 2.13. The molecule has 0 aliphatic heterocycles. The number of benzene rings is 1. The molecule has 3 aromatic rings. The number of hydrogen-bond acceptors (Lipinski definition) is 5. The van der Waals surface area contributed by atoms with Crippen LogP contribution in [-0.2, 0) is 10.0 Å². The molecule has 0 fully saturated rings. The normalized spacial score (nSPS) is 11.3. The van der Waals surface area contributed by atoms with Gasteiger partial charge in [-0.2, -0.15) is 0 Å². The summed E-state index contributed by atoms with van der Waals surface area (Å²) < 4.78 is 28.6. The molecule has 124 valence electrons. The van der Waals surface area contributed by atoms with Crippen LogP contribution in [0.4, 0.5) is 5.82 Å². The molecule has 24 heavy (non-hydrogen) atoms. The summed E-state index contributed by atoms with van der Waals surface area (Å²) in [4.78, 5) is 8.57. The van der Waals surface area contributed by atoms with Gasteiger partial charge in [0.1, 0.15) is 18.0 Å². The lowest BCUT2D eigenvalue weighted by molar-refractivity contribution is 0.583. The van der Waals surface area contributed by atoms with Crippen LogP contribution in [0.5, 0.6) is 0 Å². The highest BCUT2D eigenvalue weighted by molar-refractivity contribution is 7.89. The van der Waals surface area contributed by atoms with Crippen LogP contribution in [0.15, 0.2) is 72.1 Å². The predicted octanol–water partition coefficient (Wildman–Crippen LogP) is 1.66. The number of nitrogens with one attached hydrogen (secondary N) is 2. The number of anilines is 1. The average Bonchev–Trinajstić information content (AvgIpc) is 3.15. The highest BCUT2D eigenvalue weighted by Gasteiger charge is 2.11. The van der Waals surface area contributed by atoms with Gasteiger partial charge in [0.25, 0.3) is 0 Å². The largest absolute Gasteiger partial charge is 0.369 e. The van der Waals surface area contributed by atoms with Gasteiger partial charge in [-0.05, 0) is 24.3 Å². The second kappa shape index (κ2) is 7.24. The van der Waals surface area contributed by atoms with Gasteiger partial charge in [0, 0.05) is 31.5 Å². The molecule has 0 aliphatic rings. The molecule has 2 aromatic heterocycles. The van der Waals surface area contributed by atoms with Crippen LogP contribution in [0.1, 0.15) is 0 Å². The second-order valence-corrected chi connectivity index (χ2v) is 6.76. The second-order valence-electron chi connectivity index (χ2n) is 4.99. The maximum absolute atomic E-state index is 12.1. The number of aromatic nitrogens is 3. The smallest absolute Gasteiger partial charge is 0.240 e. The molecule has 0 spiro atoms. The molecule has 0 atom stereocenters. The Bertz CT molecular complexity index is 880. The molecular weight excluding hydrogens is 326 g/mol. The molecule has 0 saturated carbocycles. The van der Waals surface area contributed by atoms with E-state index in [0.717, 1.165) is 5.82 Å². The third kappa shape index (κ3) is 3.98. The van der Waals surface area contributed by atoms with E-state index >= 15 is 0 Å². The molecule has 3 rings (SSSR count). The lowest BCUT2D eigenvalue weighted by atomic mass is 10.4. The molecule has 1 aromatic carbocycles. The van der Waals surface area contributed by atoms with Crippen molar-refractivity contribution in [3.05, 3.63) is 67.3 Å². The fourth-order valence-corrected chi connectivity index (χ4v) is 3.18. The van der Waals surface area contributed by atoms with Crippen molar-refractivity contribution >= 4 is 15.8 Å². The SMILES string of the molecule is O=S(=O)(NCCNc1cc(-n2cccc2)ncn1)c1ccccc1. The van der Waals surface area contributed by atoms with Crippen LogP contribution in [0.2, 0.25) is 0 Å². The zero-order valence-corrected chi connectivity index (χ0v) is 13.6. The van der Waals surface area contributed by atoms with Gasteiger partial charge in [-0.1, -0.05) is 18.2 Å². The molecule has 0 saturated heterocycles. The van der Waals surface area contributed by atoms with Gasteiger partial charge in [-0.25, -0.2) is 23.1 Å². The minimum Gasteiger partial charge on any atom is -0.369 e. The fraction of sp³-hybridized carbons (Fsp3) is 0.125. The van der Waals surface area contributed by atoms with Crippen molar-refractivity contribution in [1.82, 2.24) is 19.3 Å². The molecule has 2 N–H and O–H groups in total. The number of nitrogens with zero attached hydrogens (tertiary/aromatic N) is 3. The Balaban J connectivity index is 1.55. The van der Waals surface area contributed by atoms with Crippen LogP contribution >= 0.6 is 0 Å². The molecule has 2 heterocycles. The van der Waals surface area contributed by atoms with Gasteiger partial charge in [-0.3, -0.25) is 0 Å². The van der Waals surface area contributed by atoms with Crippen molar-refractivity contribution in [2.24, 2.45) is 0 Å². The Morgan fingerprint density at radius 3 is 2.46 bits per heavy atom. The first-order chi connectivity index (χ1) is 11.6. The van der Waals surface area contributed by atoms with Gasteiger partial charge in [0.2, 0.25) is 10.0 Å². The molecule has 0 amide bonds. The van der Waals surface area contributed by atoms with Crippen LogP contribution in [0, 0.1) is 0 Å². The van der Waals surface area contributed by atoms with Crippen LogP contribution < -0.4 is 10.0 Å². The Morgan fingerprint density at radius 1 is 0.958 bits per heavy atom. The maximum Gasteiger partial charge on any atom is 0.240 e. The molecule has 0 aliphatic carbocycles. The van der Waals surface area contributed by atoms with E-state index in [4.69, 9.17) is 0 Å². The first kappa shape index (κ1) is 16.2. The van der Waals surface area contributed by atoms with Gasteiger partial charge in [-0.15, -0.1) is 0 Å². The average molecular weight is 343 g/mol. The van der Waals surface area contributed by atoms with E-state index in [0.29, 0.717) is 12.4 Å². The van der Waals surface area contributed by atoms with Crippen LogP contribution in [0.3, 0.4) is 0 Å². The van der Waals surface area contributed by atoms with Crippen molar-refractivity contribution in [3.8, 4) is 5.82 Å². The molecular formula is C16H17N5O2S. The zero-order valence-electron chi connectivity index (χ0n) is 12.8. The summed E-state index contributed by atoms with van der Waals surface area (Å²) in [5.41, 5.74) is 0. The van der Waals surface area contributed by atoms with Crippen molar-refractivity contribution in [1.29, 1.82) is 0 Å². The van der Waals surface area contributed by atoms with E-state index in [-0.39, 0.29) is 11.4 Å². The van der Waals surface area contributed by atoms with Gasteiger partial charge in [0.15, 0.2) is 0 Å². The van der Waals surface area contributed by atoms with E-state index in [1.807, 2.05) is 29.1 Å². The van der Waals surface area contributed by atoms with E-state index in [1.165, 1.54) is 6.33 Å². The van der Waals surface area contributed by atoms with Crippen LogP contribution in [-0.4, -0.2) is 36.0 Å². The minimum atomic E-state index is -3.49. The van der Waals surface area contributed by atoms with Gasteiger partial charge >= 0.3 is 0 Å². The number of rotatable bonds is 7. The number of sulfonamides is 1. The third-order valence-electron chi connectivity index (χ3n) is 3.30. The highest BCUT2D eigenvalue weighted by Crippen LogP contribution is 2.09. The summed E-state index contributed by atoms with van der Waals surface area (Å²) in [5.74, 6) is 1.37. The topological polar surface area (TPSA) is 88.9 Å². The van der Waals surface area contributed by atoms with Crippen molar-refractivity contribution in [2.45, 2.75) is 4.90 Å². The zero-order chi connectivity index (χ0) is 16.8. The summed E-state index contributed by atoms with van der Waals surface area (Å²) in [7, 11) is -3.49. The third-order valence-corrected chi connectivity index (χ3v) is 4.78. The maximum atomic E-state index is 12.1. The molecule has 7 nitrogen and oxygen atoms in total. The molecule has 0 radical (unpaired) electrons.